The molecule has 2 aromatic rings. The van der Waals surface area contributed by atoms with Crippen molar-refractivity contribution in [1.82, 2.24) is 15.0 Å². The first kappa shape index (κ1) is 19.9. The Labute approximate surface area is 153 Å². The molecule has 1 heterocycles. The predicted octanol–water partition coefficient (Wildman–Crippen LogP) is 2.27. The number of aromatic nitrogens is 1. The van der Waals surface area contributed by atoms with Crippen LogP contribution < -0.4 is 14.8 Å². The molecule has 0 saturated carbocycles. The third-order valence-corrected chi connectivity index (χ3v) is 5.32. The lowest BCUT2D eigenvalue weighted by atomic mass is 10.1. The highest BCUT2D eigenvalue weighted by molar-refractivity contribution is 7.89. The van der Waals surface area contributed by atoms with E-state index in [-0.39, 0.29) is 34.2 Å². The van der Waals surface area contributed by atoms with Gasteiger partial charge in [0.2, 0.25) is 10.0 Å². The number of hydrogen-bond acceptors (Lipinski definition) is 5. The molecule has 0 radical (unpaired) electrons. The first-order valence-corrected chi connectivity index (χ1v) is 9.64. The van der Waals surface area contributed by atoms with Crippen molar-refractivity contribution in [3.05, 3.63) is 53.9 Å². The molecule has 1 aromatic heterocycles. The fourth-order valence-corrected chi connectivity index (χ4v) is 3.84. The molecule has 0 saturated heterocycles. The largest absolute Gasteiger partial charge is 0.495 e. The van der Waals surface area contributed by atoms with Crippen LogP contribution in [-0.2, 0) is 10.0 Å². The highest BCUT2D eigenvalue weighted by Crippen LogP contribution is 2.25. The molecule has 26 heavy (non-hydrogen) atoms. The summed E-state index contributed by atoms with van der Waals surface area (Å²) in [5.74, 6) is -0.208. The smallest absolute Gasteiger partial charge is 0.251 e. The van der Waals surface area contributed by atoms with Crippen LogP contribution >= 0.6 is 0 Å². The van der Waals surface area contributed by atoms with Gasteiger partial charge < -0.3 is 10.1 Å². The van der Waals surface area contributed by atoms with E-state index in [1.165, 1.54) is 25.3 Å². The number of ether oxygens (including phenoxy) is 1. The Kier molecular flexibility index (Phi) is 6.33. The summed E-state index contributed by atoms with van der Waals surface area (Å²) in [6.45, 7) is 5.27. The Hall–Kier alpha value is -2.45. The number of nitrogens with zero attached hydrogens (tertiary/aromatic N) is 1. The molecule has 1 unspecified atom stereocenters. The van der Waals surface area contributed by atoms with Gasteiger partial charge in [-0.15, -0.1) is 0 Å². The number of sulfonamides is 1. The molecule has 8 heteroatoms. The maximum atomic E-state index is 12.5. The van der Waals surface area contributed by atoms with Crippen LogP contribution in [0.1, 0.15) is 42.7 Å². The maximum Gasteiger partial charge on any atom is 0.251 e. The van der Waals surface area contributed by atoms with Gasteiger partial charge in [0.25, 0.3) is 5.91 Å². The molecule has 7 nitrogen and oxygen atoms in total. The second kappa shape index (κ2) is 8.29. The van der Waals surface area contributed by atoms with Gasteiger partial charge in [0, 0.05) is 24.0 Å². The number of methoxy groups -OCH3 is 1. The zero-order chi connectivity index (χ0) is 19.3. The van der Waals surface area contributed by atoms with E-state index < -0.39 is 10.0 Å². The van der Waals surface area contributed by atoms with E-state index in [1.807, 2.05) is 13.0 Å². The second-order valence-electron chi connectivity index (χ2n) is 6.12. The first-order chi connectivity index (χ1) is 12.2. The summed E-state index contributed by atoms with van der Waals surface area (Å²) in [5.41, 5.74) is 1.08. The van der Waals surface area contributed by atoms with Crippen molar-refractivity contribution in [1.29, 1.82) is 0 Å². The quantitative estimate of drug-likeness (QED) is 0.771. The van der Waals surface area contributed by atoms with Crippen molar-refractivity contribution in [2.75, 3.05) is 7.11 Å². The minimum atomic E-state index is -3.80. The van der Waals surface area contributed by atoms with Gasteiger partial charge in [-0.3, -0.25) is 9.78 Å². The van der Waals surface area contributed by atoms with Crippen LogP contribution in [0.5, 0.6) is 5.75 Å². The number of carbonyl (C=O) groups is 1. The molecule has 0 aliphatic heterocycles. The summed E-state index contributed by atoms with van der Waals surface area (Å²) < 4.78 is 32.7. The van der Waals surface area contributed by atoms with Gasteiger partial charge in [-0.05, 0) is 50.6 Å². The maximum absolute atomic E-state index is 12.5. The van der Waals surface area contributed by atoms with Crippen LogP contribution in [0, 0.1) is 0 Å². The van der Waals surface area contributed by atoms with Crippen LogP contribution in [0.2, 0.25) is 0 Å². The molecule has 1 atom stereocenters. The van der Waals surface area contributed by atoms with E-state index in [4.69, 9.17) is 4.74 Å². The number of hydrogen-bond donors (Lipinski definition) is 2. The molecule has 0 fully saturated rings. The fourth-order valence-electron chi connectivity index (χ4n) is 2.40. The van der Waals surface area contributed by atoms with E-state index in [1.54, 1.807) is 32.3 Å². The molecule has 2 rings (SSSR count). The number of benzene rings is 1. The molecule has 140 valence electrons. The van der Waals surface area contributed by atoms with Gasteiger partial charge in [-0.25, -0.2) is 13.1 Å². The van der Waals surface area contributed by atoms with E-state index in [9.17, 15) is 13.2 Å². The van der Waals surface area contributed by atoms with Crippen LogP contribution in [-0.4, -0.2) is 32.5 Å². The lowest BCUT2D eigenvalue weighted by Crippen LogP contribution is -2.31. The average Bonchev–Trinajstić information content (AvgIpc) is 2.60. The van der Waals surface area contributed by atoms with Gasteiger partial charge in [-0.2, -0.15) is 0 Å². The van der Waals surface area contributed by atoms with E-state index >= 15 is 0 Å². The number of pyridine rings is 1. The Morgan fingerprint density at radius 2 is 1.92 bits per heavy atom. The normalized spacial score (nSPS) is 12.7. The standard InChI is InChI=1S/C18H23N3O4S/c1-12(2)21-26(23,24)17-10-14(7-8-16(17)25-4)18(22)20-13(3)15-6-5-9-19-11-15/h5-13,21H,1-4H3,(H,20,22). The van der Waals surface area contributed by atoms with Gasteiger partial charge in [-0.1, -0.05) is 6.07 Å². The highest BCUT2D eigenvalue weighted by atomic mass is 32.2. The SMILES string of the molecule is COc1ccc(C(=O)NC(C)c2cccnc2)cc1S(=O)(=O)NC(C)C. The zero-order valence-corrected chi connectivity index (χ0v) is 16.0. The molecule has 0 aliphatic carbocycles. The highest BCUT2D eigenvalue weighted by Gasteiger charge is 2.23. The second-order valence-corrected chi connectivity index (χ2v) is 7.81. The molecular formula is C18H23N3O4S. The van der Waals surface area contributed by atoms with E-state index in [0.717, 1.165) is 5.56 Å². The van der Waals surface area contributed by atoms with Crippen LogP contribution in [0.25, 0.3) is 0 Å². The number of carbonyl (C=O) groups excluding carboxylic acids is 1. The summed E-state index contributed by atoms with van der Waals surface area (Å²) in [7, 11) is -2.42. The molecule has 0 spiro atoms. The Bertz CT molecular complexity index is 867. The van der Waals surface area contributed by atoms with Crippen LogP contribution in [0.3, 0.4) is 0 Å². The van der Waals surface area contributed by atoms with Crippen LogP contribution in [0.15, 0.2) is 47.6 Å². The molecule has 2 N–H and O–H groups in total. The average molecular weight is 377 g/mol. The molecule has 1 aromatic carbocycles. The Balaban J connectivity index is 2.30. The summed E-state index contributed by atoms with van der Waals surface area (Å²) >= 11 is 0. The van der Waals surface area contributed by atoms with Crippen molar-refractivity contribution in [2.45, 2.75) is 37.8 Å². The predicted molar refractivity (Wildman–Crippen MR) is 98.6 cm³/mol. The molecular weight excluding hydrogens is 354 g/mol. The molecule has 0 bridgehead atoms. The first-order valence-electron chi connectivity index (χ1n) is 8.15. The lowest BCUT2D eigenvalue weighted by molar-refractivity contribution is 0.0939. The number of amides is 1. The van der Waals surface area contributed by atoms with Crippen molar-refractivity contribution >= 4 is 15.9 Å². The summed E-state index contributed by atoms with van der Waals surface area (Å²) in [5, 5.41) is 2.83. The van der Waals surface area contributed by atoms with Gasteiger partial charge in [0.1, 0.15) is 10.6 Å². The Morgan fingerprint density at radius 1 is 1.19 bits per heavy atom. The number of rotatable bonds is 7. The van der Waals surface area contributed by atoms with Crippen molar-refractivity contribution < 1.29 is 17.9 Å². The van der Waals surface area contributed by atoms with E-state index in [0.29, 0.717) is 0 Å². The monoisotopic (exact) mass is 377 g/mol. The van der Waals surface area contributed by atoms with Crippen molar-refractivity contribution in [3.8, 4) is 5.75 Å². The summed E-state index contributed by atoms with van der Waals surface area (Å²) in [6, 6.07) is 7.40. The fraction of sp³-hybridized carbons (Fsp3) is 0.333. The third-order valence-electron chi connectivity index (χ3n) is 3.64. The number of nitrogens with one attached hydrogen (secondary N) is 2. The minimum Gasteiger partial charge on any atom is -0.495 e. The molecule has 1 amide bonds. The zero-order valence-electron chi connectivity index (χ0n) is 15.2. The lowest BCUT2D eigenvalue weighted by Gasteiger charge is -2.16. The summed E-state index contributed by atoms with van der Waals surface area (Å²) in [6.07, 6.45) is 3.32. The van der Waals surface area contributed by atoms with Gasteiger partial charge in [0.05, 0.1) is 13.2 Å². The van der Waals surface area contributed by atoms with Crippen molar-refractivity contribution in [2.24, 2.45) is 0 Å². The topological polar surface area (TPSA) is 97.4 Å². The van der Waals surface area contributed by atoms with Crippen LogP contribution in [0.4, 0.5) is 0 Å². The minimum absolute atomic E-state index is 0.0737. The Morgan fingerprint density at radius 3 is 2.50 bits per heavy atom. The molecule has 0 aliphatic rings. The summed E-state index contributed by atoms with van der Waals surface area (Å²) in [4.78, 5) is 16.5. The van der Waals surface area contributed by atoms with Crippen molar-refractivity contribution in [3.63, 3.8) is 0 Å². The van der Waals surface area contributed by atoms with Gasteiger partial charge in [0.15, 0.2) is 0 Å². The van der Waals surface area contributed by atoms with Gasteiger partial charge >= 0.3 is 0 Å². The van der Waals surface area contributed by atoms with E-state index in [2.05, 4.69) is 15.0 Å². The third kappa shape index (κ3) is 4.80.